The zero-order valence-corrected chi connectivity index (χ0v) is 22.3. The molecule has 0 fully saturated rings. The summed E-state index contributed by atoms with van der Waals surface area (Å²) in [6, 6.07) is 12.4. The van der Waals surface area contributed by atoms with Crippen molar-refractivity contribution in [3.8, 4) is 17.3 Å². The Labute approximate surface area is 212 Å². The minimum atomic E-state index is -1.20. The maximum Gasteiger partial charge on any atom is 0.196 e. The second-order valence-electron chi connectivity index (χ2n) is 10.1. The molecule has 4 rings (SSSR count). The van der Waals surface area contributed by atoms with E-state index in [0.29, 0.717) is 54.3 Å². The van der Waals surface area contributed by atoms with E-state index in [1.165, 1.54) is 0 Å². The predicted octanol–water partition coefficient (Wildman–Crippen LogP) is 5.31. The molecular weight excluding hydrogens is 468 g/mol. The summed E-state index contributed by atoms with van der Waals surface area (Å²) in [5.74, 6) is -0.121. The van der Waals surface area contributed by atoms with E-state index >= 15 is 0 Å². The molecule has 0 bridgehead atoms. The standard InChI is InChI=1S/C27H32N6O2Si/c1-32-13-10-21(17-32)24-16-30-27-25(31-24)23(18-33(27)19-35-14-15-36(2,3)4)26(34)20-6-8-22(9-7-20)29-12-5-11-28/h6-10,13,16-18,29H,5,12,14-15,19H2,1-4H3. The second kappa shape index (κ2) is 10.9. The van der Waals surface area contributed by atoms with Gasteiger partial charge in [-0.15, -0.1) is 0 Å². The normalized spacial score (nSPS) is 11.5. The van der Waals surface area contributed by atoms with E-state index in [1.54, 1.807) is 24.5 Å². The molecule has 3 aromatic heterocycles. The van der Waals surface area contributed by atoms with Crippen molar-refractivity contribution in [2.24, 2.45) is 7.05 Å². The molecule has 1 N–H and O–H groups in total. The molecule has 4 aromatic rings. The van der Waals surface area contributed by atoms with Gasteiger partial charge in [-0.1, -0.05) is 19.6 Å². The van der Waals surface area contributed by atoms with E-state index in [1.807, 2.05) is 46.8 Å². The van der Waals surface area contributed by atoms with E-state index in [-0.39, 0.29) is 5.78 Å². The first-order valence-corrected chi connectivity index (χ1v) is 15.8. The Hall–Kier alpha value is -3.74. The minimum Gasteiger partial charge on any atom is -0.384 e. The van der Waals surface area contributed by atoms with Gasteiger partial charge >= 0.3 is 0 Å². The van der Waals surface area contributed by atoms with Crippen molar-refractivity contribution in [3.63, 3.8) is 0 Å². The highest BCUT2D eigenvalue weighted by atomic mass is 28.3. The Morgan fingerprint density at radius 3 is 2.61 bits per heavy atom. The third-order valence-electron chi connectivity index (χ3n) is 5.88. The van der Waals surface area contributed by atoms with Crippen LogP contribution in [0.1, 0.15) is 22.3 Å². The molecule has 0 atom stereocenters. The van der Waals surface area contributed by atoms with Gasteiger partial charge in [0, 0.05) is 63.7 Å². The van der Waals surface area contributed by atoms with Gasteiger partial charge in [0.05, 0.1) is 29.9 Å². The van der Waals surface area contributed by atoms with Crippen molar-refractivity contribution < 1.29 is 9.53 Å². The molecule has 0 saturated carbocycles. The molecule has 3 heterocycles. The third-order valence-corrected chi connectivity index (χ3v) is 7.58. The van der Waals surface area contributed by atoms with Crippen molar-refractivity contribution in [3.05, 3.63) is 66.2 Å². The van der Waals surface area contributed by atoms with Gasteiger partial charge in [-0.2, -0.15) is 5.26 Å². The first kappa shape index (κ1) is 25.4. The number of ether oxygens (including phenoxy) is 1. The highest BCUT2D eigenvalue weighted by molar-refractivity contribution is 6.76. The molecule has 0 aliphatic rings. The van der Waals surface area contributed by atoms with E-state index in [2.05, 4.69) is 36.0 Å². The molecule has 0 spiro atoms. The number of ketones is 1. The molecule has 0 radical (unpaired) electrons. The van der Waals surface area contributed by atoms with E-state index in [4.69, 9.17) is 15.0 Å². The number of aromatic nitrogens is 4. The Bertz CT molecular complexity index is 1390. The van der Waals surface area contributed by atoms with Crippen molar-refractivity contribution in [2.45, 2.75) is 38.8 Å². The van der Waals surface area contributed by atoms with Crippen molar-refractivity contribution in [1.82, 2.24) is 19.1 Å². The molecule has 0 amide bonds. The van der Waals surface area contributed by atoms with Crippen LogP contribution in [-0.2, 0) is 18.5 Å². The van der Waals surface area contributed by atoms with Crippen molar-refractivity contribution >= 4 is 30.7 Å². The zero-order valence-electron chi connectivity index (χ0n) is 21.3. The van der Waals surface area contributed by atoms with Gasteiger partial charge in [0.25, 0.3) is 0 Å². The number of rotatable bonds is 11. The van der Waals surface area contributed by atoms with E-state index in [0.717, 1.165) is 17.3 Å². The van der Waals surface area contributed by atoms with E-state index < -0.39 is 8.07 Å². The lowest BCUT2D eigenvalue weighted by molar-refractivity contribution is 0.0896. The Balaban J connectivity index is 1.65. The number of carbonyl (C=O) groups is 1. The number of hydrogen-bond donors (Lipinski definition) is 1. The van der Waals surface area contributed by atoms with Crippen LogP contribution >= 0.6 is 0 Å². The fraction of sp³-hybridized carbons (Fsp3) is 0.333. The van der Waals surface area contributed by atoms with Crippen LogP contribution in [0.2, 0.25) is 25.7 Å². The summed E-state index contributed by atoms with van der Waals surface area (Å²) in [4.78, 5) is 23.1. The number of carbonyl (C=O) groups excluding carboxylic acids is 1. The molecule has 0 saturated heterocycles. The SMILES string of the molecule is Cn1ccc(-c2cnc3c(n2)c(C(=O)c2ccc(NCCC#N)cc2)cn3COCC[Si](C)(C)C)c1. The lowest BCUT2D eigenvalue weighted by Crippen LogP contribution is -2.22. The van der Waals surface area contributed by atoms with Gasteiger partial charge in [0.1, 0.15) is 12.2 Å². The summed E-state index contributed by atoms with van der Waals surface area (Å²) in [5, 5.41) is 11.9. The van der Waals surface area contributed by atoms with Crippen LogP contribution in [0, 0.1) is 11.3 Å². The number of anilines is 1. The van der Waals surface area contributed by atoms with Gasteiger partial charge < -0.3 is 19.2 Å². The van der Waals surface area contributed by atoms with Crippen LogP contribution in [0.5, 0.6) is 0 Å². The molecule has 9 heteroatoms. The minimum absolute atomic E-state index is 0.121. The van der Waals surface area contributed by atoms with Crippen LogP contribution < -0.4 is 5.32 Å². The van der Waals surface area contributed by atoms with Crippen LogP contribution in [0.15, 0.2) is 55.1 Å². The van der Waals surface area contributed by atoms with Gasteiger partial charge in [0.2, 0.25) is 0 Å². The number of aryl methyl sites for hydroxylation is 1. The number of fused-ring (bicyclic) bond motifs is 1. The summed E-state index contributed by atoms with van der Waals surface area (Å²) in [5.41, 5.74) is 4.77. The Morgan fingerprint density at radius 2 is 1.94 bits per heavy atom. The number of nitrogens with zero attached hydrogens (tertiary/aromatic N) is 5. The zero-order chi connectivity index (χ0) is 25.7. The van der Waals surface area contributed by atoms with Gasteiger partial charge in [-0.05, 0) is 36.4 Å². The maximum atomic E-state index is 13.6. The molecule has 0 aliphatic heterocycles. The molecule has 36 heavy (non-hydrogen) atoms. The van der Waals surface area contributed by atoms with E-state index in [9.17, 15) is 4.79 Å². The first-order valence-electron chi connectivity index (χ1n) is 12.1. The molecule has 1 aromatic carbocycles. The molecule has 186 valence electrons. The fourth-order valence-corrected chi connectivity index (χ4v) is 4.57. The van der Waals surface area contributed by atoms with Crippen molar-refractivity contribution in [2.75, 3.05) is 18.5 Å². The Morgan fingerprint density at radius 1 is 1.17 bits per heavy atom. The summed E-state index contributed by atoms with van der Waals surface area (Å²) >= 11 is 0. The summed E-state index contributed by atoms with van der Waals surface area (Å²) in [6.45, 7) is 8.51. The summed E-state index contributed by atoms with van der Waals surface area (Å²) < 4.78 is 9.79. The van der Waals surface area contributed by atoms with Crippen LogP contribution in [0.3, 0.4) is 0 Å². The highest BCUT2D eigenvalue weighted by Gasteiger charge is 2.20. The largest absolute Gasteiger partial charge is 0.384 e. The summed E-state index contributed by atoms with van der Waals surface area (Å²) in [7, 11) is 0.752. The van der Waals surface area contributed by atoms with Crippen molar-refractivity contribution in [1.29, 1.82) is 5.26 Å². The summed E-state index contributed by atoms with van der Waals surface area (Å²) in [6.07, 6.45) is 7.90. The first-order chi connectivity index (χ1) is 17.2. The van der Waals surface area contributed by atoms with Crippen LogP contribution in [-0.4, -0.2) is 46.1 Å². The van der Waals surface area contributed by atoms with Crippen LogP contribution in [0.4, 0.5) is 5.69 Å². The number of nitriles is 1. The van der Waals surface area contributed by atoms with Gasteiger partial charge in [0.15, 0.2) is 11.4 Å². The Kier molecular flexibility index (Phi) is 7.67. The number of nitrogens with one attached hydrogen (secondary N) is 1. The quantitative estimate of drug-likeness (QED) is 0.170. The molecule has 8 nitrogen and oxygen atoms in total. The van der Waals surface area contributed by atoms with Gasteiger partial charge in [-0.3, -0.25) is 4.79 Å². The molecule has 0 unspecified atom stereocenters. The average molecular weight is 501 g/mol. The highest BCUT2D eigenvalue weighted by Crippen LogP contribution is 2.26. The molecule has 0 aliphatic carbocycles. The molecular formula is C27H32N6O2Si. The lowest BCUT2D eigenvalue weighted by atomic mass is 10.0. The van der Waals surface area contributed by atoms with Crippen LogP contribution in [0.25, 0.3) is 22.4 Å². The second-order valence-corrected chi connectivity index (χ2v) is 15.7. The monoisotopic (exact) mass is 500 g/mol. The fourth-order valence-electron chi connectivity index (χ4n) is 3.81. The average Bonchev–Trinajstić information content (AvgIpc) is 3.45. The third kappa shape index (κ3) is 6.08. The smallest absolute Gasteiger partial charge is 0.196 e. The lowest BCUT2D eigenvalue weighted by Gasteiger charge is -2.15. The topological polar surface area (TPSA) is 97.8 Å². The maximum absolute atomic E-state index is 13.6. The van der Waals surface area contributed by atoms with Gasteiger partial charge in [-0.25, -0.2) is 9.97 Å². The predicted molar refractivity (Wildman–Crippen MR) is 145 cm³/mol. The number of hydrogen-bond acceptors (Lipinski definition) is 6. The number of benzene rings is 1.